The van der Waals surface area contributed by atoms with Gasteiger partial charge in [-0.15, -0.1) is 35.3 Å². The Morgan fingerprint density at radius 1 is 1.39 bits per heavy atom. The lowest BCUT2D eigenvalue weighted by atomic mass is 10.2. The summed E-state index contributed by atoms with van der Waals surface area (Å²) < 4.78 is 13.2. The van der Waals surface area contributed by atoms with Crippen LogP contribution in [0.15, 0.2) is 29.4 Å². The van der Waals surface area contributed by atoms with Crippen molar-refractivity contribution in [2.24, 2.45) is 4.99 Å². The first-order chi connectivity index (χ1) is 10.6. The molecule has 0 amide bonds. The SMILES string of the molecule is CN=C(NCCc1ncc(C)s1)NCc1ccc(O)c(F)c1.I. The molecule has 0 fully saturated rings. The first-order valence-corrected chi connectivity index (χ1v) is 7.73. The van der Waals surface area contributed by atoms with Crippen LogP contribution in [0.2, 0.25) is 0 Å². The van der Waals surface area contributed by atoms with Gasteiger partial charge in [0.15, 0.2) is 17.5 Å². The number of halogens is 2. The Hall–Kier alpha value is -1.42. The minimum atomic E-state index is -0.624. The Labute approximate surface area is 156 Å². The highest BCUT2D eigenvalue weighted by Crippen LogP contribution is 2.15. The van der Waals surface area contributed by atoms with Crippen LogP contribution in [-0.2, 0) is 13.0 Å². The third kappa shape index (κ3) is 6.30. The first-order valence-electron chi connectivity index (χ1n) is 6.91. The fourth-order valence-electron chi connectivity index (χ4n) is 1.87. The molecule has 0 bridgehead atoms. The zero-order valence-corrected chi connectivity index (χ0v) is 16.1. The number of nitrogens with one attached hydrogen (secondary N) is 2. The number of phenols is 1. The maximum atomic E-state index is 13.2. The molecule has 1 aromatic heterocycles. The number of aromatic hydroxyl groups is 1. The summed E-state index contributed by atoms with van der Waals surface area (Å²) >= 11 is 1.68. The van der Waals surface area contributed by atoms with Crippen LogP contribution in [0.25, 0.3) is 0 Å². The van der Waals surface area contributed by atoms with E-state index in [0.29, 0.717) is 12.5 Å². The average molecular weight is 450 g/mol. The van der Waals surface area contributed by atoms with Crippen LogP contribution < -0.4 is 10.6 Å². The fourth-order valence-corrected chi connectivity index (χ4v) is 2.66. The minimum absolute atomic E-state index is 0. The van der Waals surface area contributed by atoms with Gasteiger partial charge in [0.05, 0.1) is 5.01 Å². The average Bonchev–Trinajstić information content (AvgIpc) is 2.91. The summed E-state index contributed by atoms with van der Waals surface area (Å²) in [6, 6.07) is 4.30. The quantitative estimate of drug-likeness (QED) is 0.373. The summed E-state index contributed by atoms with van der Waals surface area (Å²) in [5.74, 6) is -0.326. The van der Waals surface area contributed by atoms with Gasteiger partial charge >= 0.3 is 0 Å². The summed E-state index contributed by atoms with van der Waals surface area (Å²) in [6.07, 6.45) is 2.69. The molecule has 126 valence electrons. The molecule has 23 heavy (non-hydrogen) atoms. The molecule has 8 heteroatoms. The van der Waals surface area contributed by atoms with E-state index in [1.165, 1.54) is 17.0 Å². The lowest BCUT2D eigenvalue weighted by Gasteiger charge is -2.11. The van der Waals surface area contributed by atoms with Gasteiger partial charge in [0, 0.05) is 37.6 Å². The van der Waals surface area contributed by atoms with E-state index < -0.39 is 5.82 Å². The summed E-state index contributed by atoms with van der Waals surface area (Å²) in [6.45, 7) is 3.18. The first kappa shape index (κ1) is 19.6. The molecule has 0 aliphatic rings. The number of aliphatic imine (C=N–C) groups is 1. The van der Waals surface area contributed by atoms with Crippen LogP contribution in [0.3, 0.4) is 0 Å². The van der Waals surface area contributed by atoms with Crippen molar-refractivity contribution in [1.29, 1.82) is 0 Å². The van der Waals surface area contributed by atoms with Gasteiger partial charge in [-0.2, -0.15) is 0 Å². The second-order valence-corrected chi connectivity index (χ2v) is 6.07. The van der Waals surface area contributed by atoms with E-state index in [1.807, 2.05) is 13.1 Å². The molecular weight excluding hydrogens is 430 g/mol. The van der Waals surface area contributed by atoms with Crippen molar-refractivity contribution in [2.75, 3.05) is 13.6 Å². The highest BCUT2D eigenvalue weighted by Gasteiger charge is 2.04. The molecule has 0 saturated heterocycles. The number of guanidine groups is 1. The molecule has 3 N–H and O–H groups in total. The molecule has 5 nitrogen and oxygen atoms in total. The van der Waals surface area contributed by atoms with E-state index >= 15 is 0 Å². The van der Waals surface area contributed by atoms with E-state index in [-0.39, 0.29) is 29.7 Å². The molecule has 2 rings (SSSR count). The van der Waals surface area contributed by atoms with Gasteiger partial charge in [-0.05, 0) is 24.6 Å². The zero-order chi connectivity index (χ0) is 15.9. The summed E-state index contributed by atoms with van der Waals surface area (Å²) in [5, 5.41) is 16.5. The summed E-state index contributed by atoms with van der Waals surface area (Å²) in [7, 11) is 1.68. The van der Waals surface area contributed by atoms with E-state index in [2.05, 4.69) is 20.6 Å². The van der Waals surface area contributed by atoms with Crippen molar-refractivity contribution in [1.82, 2.24) is 15.6 Å². The van der Waals surface area contributed by atoms with Crippen molar-refractivity contribution < 1.29 is 9.50 Å². The van der Waals surface area contributed by atoms with Crippen LogP contribution in [-0.4, -0.2) is 29.6 Å². The molecular formula is C15H20FIN4OS. The largest absolute Gasteiger partial charge is 0.505 e. The Morgan fingerprint density at radius 3 is 2.78 bits per heavy atom. The number of hydrogen-bond donors (Lipinski definition) is 3. The van der Waals surface area contributed by atoms with Crippen LogP contribution in [0.5, 0.6) is 5.75 Å². The van der Waals surface area contributed by atoms with E-state index in [4.69, 9.17) is 5.11 Å². The van der Waals surface area contributed by atoms with E-state index in [0.717, 1.165) is 23.5 Å². The summed E-state index contributed by atoms with van der Waals surface area (Å²) in [4.78, 5) is 9.62. The summed E-state index contributed by atoms with van der Waals surface area (Å²) in [5.41, 5.74) is 0.730. The highest BCUT2D eigenvalue weighted by molar-refractivity contribution is 14.0. The zero-order valence-electron chi connectivity index (χ0n) is 13.0. The predicted molar refractivity (Wildman–Crippen MR) is 102 cm³/mol. The monoisotopic (exact) mass is 450 g/mol. The molecule has 0 atom stereocenters. The van der Waals surface area contributed by atoms with Gasteiger partial charge in [-0.1, -0.05) is 6.07 Å². The molecule has 0 aliphatic heterocycles. The van der Waals surface area contributed by atoms with Crippen molar-refractivity contribution >= 4 is 41.3 Å². The van der Waals surface area contributed by atoms with E-state index in [1.54, 1.807) is 24.5 Å². The van der Waals surface area contributed by atoms with Gasteiger partial charge in [-0.3, -0.25) is 4.99 Å². The minimum Gasteiger partial charge on any atom is -0.505 e. The Kier molecular flexibility index (Phi) is 8.24. The topological polar surface area (TPSA) is 69.5 Å². The third-order valence-electron chi connectivity index (χ3n) is 3.00. The smallest absolute Gasteiger partial charge is 0.191 e. The van der Waals surface area contributed by atoms with Gasteiger partial charge in [0.25, 0.3) is 0 Å². The van der Waals surface area contributed by atoms with Gasteiger partial charge < -0.3 is 15.7 Å². The van der Waals surface area contributed by atoms with Gasteiger partial charge in [0.1, 0.15) is 0 Å². The molecule has 1 aromatic carbocycles. The molecule has 0 spiro atoms. The number of thiazole rings is 1. The van der Waals surface area contributed by atoms with Crippen molar-refractivity contribution in [2.45, 2.75) is 19.9 Å². The van der Waals surface area contributed by atoms with Crippen molar-refractivity contribution in [3.63, 3.8) is 0 Å². The Bertz CT molecular complexity index is 663. The molecule has 2 aromatic rings. The number of rotatable bonds is 5. The van der Waals surface area contributed by atoms with Gasteiger partial charge in [0.2, 0.25) is 0 Å². The van der Waals surface area contributed by atoms with Crippen molar-refractivity contribution in [3.05, 3.63) is 45.7 Å². The van der Waals surface area contributed by atoms with Crippen LogP contribution in [0.1, 0.15) is 15.4 Å². The lowest BCUT2D eigenvalue weighted by Crippen LogP contribution is -2.37. The molecule has 1 heterocycles. The van der Waals surface area contributed by atoms with Crippen molar-refractivity contribution in [3.8, 4) is 5.75 Å². The number of aromatic nitrogens is 1. The Morgan fingerprint density at radius 2 is 2.17 bits per heavy atom. The number of hydrogen-bond acceptors (Lipinski definition) is 4. The van der Waals surface area contributed by atoms with Gasteiger partial charge in [-0.25, -0.2) is 9.37 Å². The molecule has 0 unspecified atom stereocenters. The number of phenolic OH excluding ortho intramolecular Hbond substituents is 1. The van der Waals surface area contributed by atoms with Crippen LogP contribution in [0.4, 0.5) is 4.39 Å². The maximum absolute atomic E-state index is 13.2. The number of aryl methyl sites for hydroxylation is 1. The third-order valence-corrected chi connectivity index (χ3v) is 3.97. The molecule has 0 saturated carbocycles. The van der Waals surface area contributed by atoms with E-state index in [9.17, 15) is 4.39 Å². The standard InChI is InChI=1S/C15H19FN4OS.HI/c1-10-8-19-14(22-10)5-6-18-15(17-2)20-9-11-3-4-13(21)12(16)7-11;/h3-4,7-8,21H,5-6,9H2,1-2H3,(H2,17,18,20);1H. The highest BCUT2D eigenvalue weighted by atomic mass is 127. The molecule has 0 radical (unpaired) electrons. The second-order valence-electron chi connectivity index (χ2n) is 4.75. The normalized spacial score (nSPS) is 11.0. The van der Waals surface area contributed by atoms with Crippen LogP contribution in [0, 0.1) is 12.7 Å². The lowest BCUT2D eigenvalue weighted by molar-refractivity contribution is 0.431. The molecule has 0 aliphatic carbocycles. The second kappa shape index (κ2) is 9.66. The Balaban J connectivity index is 0.00000264. The number of nitrogens with zero attached hydrogens (tertiary/aromatic N) is 2. The fraction of sp³-hybridized carbons (Fsp3) is 0.333. The predicted octanol–water partition coefficient (Wildman–Crippen LogP) is 2.82. The maximum Gasteiger partial charge on any atom is 0.191 e. The van der Waals surface area contributed by atoms with Crippen LogP contribution >= 0.6 is 35.3 Å². The number of benzene rings is 1.